The van der Waals surface area contributed by atoms with Crippen molar-refractivity contribution in [3.8, 4) is 0 Å². The zero-order valence-corrected chi connectivity index (χ0v) is 25.6. The van der Waals surface area contributed by atoms with Gasteiger partial charge in [-0.15, -0.1) is 0 Å². The first-order valence-corrected chi connectivity index (χ1v) is 15.5. The fourth-order valence-electron chi connectivity index (χ4n) is 8.13. The lowest BCUT2D eigenvalue weighted by molar-refractivity contribution is -0.129. The summed E-state index contributed by atoms with van der Waals surface area (Å²) in [6.07, 6.45) is 7.92. The van der Waals surface area contributed by atoms with Crippen LogP contribution in [0.1, 0.15) is 108 Å². The molecule has 2 saturated carbocycles. The summed E-state index contributed by atoms with van der Waals surface area (Å²) >= 11 is 0. The van der Waals surface area contributed by atoms with Gasteiger partial charge in [0, 0.05) is 18.3 Å². The molecule has 0 radical (unpaired) electrons. The first kappa shape index (κ1) is 28.6. The normalized spacial score (nSPS) is 30.9. The van der Waals surface area contributed by atoms with Crippen LogP contribution in [0.15, 0.2) is 59.8 Å². The molecule has 1 heterocycles. The Kier molecular flexibility index (Phi) is 7.22. The molecule has 41 heavy (non-hydrogen) atoms. The van der Waals surface area contributed by atoms with Crippen LogP contribution in [0.3, 0.4) is 0 Å². The molecule has 216 valence electrons. The van der Waals surface area contributed by atoms with Crippen molar-refractivity contribution < 1.29 is 18.5 Å². The zero-order valence-electron chi connectivity index (χ0n) is 25.6. The van der Waals surface area contributed by atoms with Gasteiger partial charge in [-0.1, -0.05) is 55.5 Å². The molecule has 3 fully saturated rings. The van der Waals surface area contributed by atoms with E-state index in [0.717, 1.165) is 60.7 Å². The van der Waals surface area contributed by atoms with Crippen LogP contribution in [0.2, 0.25) is 0 Å². The maximum absolute atomic E-state index is 15.8. The van der Waals surface area contributed by atoms with Gasteiger partial charge in [-0.05, 0) is 124 Å². The van der Waals surface area contributed by atoms with Crippen molar-refractivity contribution in [1.82, 2.24) is 0 Å². The van der Waals surface area contributed by atoms with Crippen LogP contribution in [0.5, 0.6) is 0 Å². The Labute approximate surface area is 245 Å². The van der Waals surface area contributed by atoms with Crippen LogP contribution in [0, 0.1) is 17.3 Å². The van der Waals surface area contributed by atoms with Crippen LogP contribution in [0.25, 0.3) is 11.6 Å². The lowest BCUT2D eigenvalue weighted by atomic mass is 9.55. The van der Waals surface area contributed by atoms with E-state index >= 15 is 4.39 Å². The molecule has 3 aliphatic carbocycles. The summed E-state index contributed by atoms with van der Waals surface area (Å²) in [5.41, 5.74) is 5.47. The molecule has 4 aliphatic rings. The summed E-state index contributed by atoms with van der Waals surface area (Å²) in [6, 6.07) is 16.5. The largest absolute Gasteiger partial charge is 0.490 e. The van der Waals surface area contributed by atoms with Gasteiger partial charge in [0.05, 0.1) is 11.2 Å². The van der Waals surface area contributed by atoms with E-state index < -0.39 is 18.3 Å². The number of Topliss-reactive ketones (excluding diaryl/α,β-unsaturated/α-hetero) is 1. The monoisotopic (exact) mass is 554 g/mol. The van der Waals surface area contributed by atoms with Gasteiger partial charge >= 0.3 is 7.12 Å². The van der Waals surface area contributed by atoms with Crippen LogP contribution >= 0.6 is 0 Å². The molecule has 0 aromatic heterocycles. The number of ketones is 1. The Morgan fingerprint density at radius 2 is 1.68 bits per heavy atom. The molecule has 2 aromatic carbocycles. The SMILES string of the molecule is C/C(B1OC(C)(C)C(C)(C)O1)=C(/C/C(F)=C/c1ccc2c(c1)CC[C@@H]1[C@@H]2CC[C@]2(C)C(=O)CC[C@@H]12)c1ccccc1. The second kappa shape index (κ2) is 10.3. The molecule has 5 heteroatoms. The van der Waals surface area contributed by atoms with Gasteiger partial charge < -0.3 is 9.31 Å². The molecule has 0 spiro atoms. The Morgan fingerprint density at radius 3 is 2.39 bits per heavy atom. The smallest absolute Gasteiger partial charge is 0.400 e. The summed E-state index contributed by atoms with van der Waals surface area (Å²) in [5, 5.41) is 0. The number of fused-ring (bicyclic) bond motifs is 5. The lowest BCUT2D eigenvalue weighted by Gasteiger charge is -2.48. The molecule has 0 unspecified atom stereocenters. The predicted molar refractivity (Wildman–Crippen MR) is 165 cm³/mol. The van der Waals surface area contributed by atoms with Crippen LogP contribution < -0.4 is 0 Å². The summed E-state index contributed by atoms with van der Waals surface area (Å²) in [4.78, 5) is 12.7. The Bertz CT molecular complexity index is 1390. The summed E-state index contributed by atoms with van der Waals surface area (Å²) in [6.45, 7) is 12.4. The number of benzene rings is 2. The number of aryl methyl sites for hydroxylation is 1. The standard InChI is InChI=1S/C36H44BFO3/c1-23(37-40-34(2,3)35(4,5)41-37)31(25-10-8-7-9-11-25)22-27(38)21-24-12-14-28-26(20-24)13-15-30-29(28)18-19-36(6)32(30)16-17-33(36)39/h7-12,14,20-21,29-30,32H,13,15-19,22H2,1-6H3/b27-21-,31-23+/t29-,30-,32+,36+/m1/s1. The lowest BCUT2D eigenvalue weighted by Crippen LogP contribution is -2.42. The molecule has 0 amide bonds. The fourth-order valence-corrected chi connectivity index (χ4v) is 8.13. The van der Waals surface area contributed by atoms with Gasteiger partial charge in [-0.2, -0.15) is 0 Å². The van der Waals surface area contributed by atoms with Crippen molar-refractivity contribution in [2.45, 2.75) is 104 Å². The average Bonchev–Trinajstić information content (AvgIpc) is 3.36. The number of halogens is 1. The van der Waals surface area contributed by atoms with E-state index in [-0.39, 0.29) is 17.7 Å². The Balaban J connectivity index is 1.25. The minimum atomic E-state index is -0.521. The molecule has 0 N–H and O–H groups in total. The van der Waals surface area contributed by atoms with E-state index in [0.29, 0.717) is 23.5 Å². The predicted octanol–water partition coefficient (Wildman–Crippen LogP) is 8.92. The maximum atomic E-state index is 15.8. The topological polar surface area (TPSA) is 35.5 Å². The highest BCUT2D eigenvalue weighted by atomic mass is 19.1. The van der Waals surface area contributed by atoms with Crippen molar-refractivity contribution in [3.05, 3.63) is 82.1 Å². The van der Waals surface area contributed by atoms with Crippen LogP contribution in [0.4, 0.5) is 4.39 Å². The van der Waals surface area contributed by atoms with Gasteiger partial charge in [0.1, 0.15) is 11.6 Å². The quantitative estimate of drug-likeness (QED) is 0.346. The van der Waals surface area contributed by atoms with Crippen LogP contribution in [-0.4, -0.2) is 24.1 Å². The molecule has 1 saturated heterocycles. The van der Waals surface area contributed by atoms with E-state index in [9.17, 15) is 4.79 Å². The minimum absolute atomic E-state index is 0.104. The molecule has 3 nitrogen and oxygen atoms in total. The number of rotatable bonds is 5. The molecular weight excluding hydrogens is 510 g/mol. The Hall–Kier alpha value is -2.50. The second-order valence-electron chi connectivity index (χ2n) is 14.2. The van der Waals surface area contributed by atoms with Crippen LogP contribution in [-0.2, 0) is 20.5 Å². The van der Waals surface area contributed by atoms with Gasteiger partial charge in [-0.3, -0.25) is 4.79 Å². The summed E-state index contributed by atoms with van der Waals surface area (Å²) in [5.74, 6) is 1.96. The highest BCUT2D eigenvalue weighted by Crippen LogP contribution is 2.59. The third-order valence-corrected chi connectivity index (χ3v) is 11.3. The van der Waals surface area contributed by atoms with E-state index in [1.54, 1.807) is 6.08 Å². The van der Waals surface area contributed by atoms with Gasteiger partial charge in [0.2, 0.25) is 0 Å². The molecule has 0 bridgehead atoms. The van der Waals surface area contributed by atoms with Crippen molar-refractivity contribution in [2.75, 3.05) is 0 Å². The van der Waals surface area contributed by atoms with Gasteiger partial charge in [0.15, 0.2) is 0 Å². The summed E-state index contributed by atoms with van der Waals surface area (Å²) in [7, 11) is -0.521. The van der Waals surface area contributed by atoms with Crippen molar-refractivity contribution >= 4 is 24.6 Å². The molecular formula is C36H44BFO3. The maximum Gasteiger partial charge on any atom is 0.490 e. The van der Waals surface area contributed by atoms with Crippen molar-refractivity contribution in [3.63, 3.8) is 0 Å². The molecule has 1 aliphatic heterocycles. The van der Waals surface area contributed by atoms with E-state index in [4.69, 9.17) is 9.31 Å². The van der Waals surface area contributed by atoms with Gasteiger partial charge in [-0.25, -0.2) is 4.39 Å². The van der Waals surface area contributed by atoms with E-state index in [2.05, 4.69) is 25.1 Å². The van der Waals surface area contributed by atoms with Crippen molar-refractivity contribution in [2.24, 2.45) is 17.3 Å². The third kappa shape index (κ3) is 4.97. The number of carbonyl (C=O) groups excluding carboxylic acids is 1. The molecule has 4 atom stereocenters. The van der Waals surface area contributed by atoms with E-state index in [1.807, 2.05) is 65.0 Å². The fraction of sp³-hybridized carbons (Fsp3) is 0.528. The number of hydrogen-bond acceptors (Lipinski definition) is 3. The average molecular weight is 555 g/mol. The highest BCUT2D eigenvalue weighted by Gasteiger charge is 2.55. The first-order valence-electron chi connectivity index (χ1n) is 15.5. The Morgan fingerprint density at radius 1 is 0.976 bits per heavy atom. The second-order valence-corrected chi connectivity index (χ2v) is 14.2. The minimum Gasteiger partial charge on any atom is -0.400 e. The zero-order chi connectivity index (χ0) is 29.2. The summed E-state index contributed by atoms with van der Waals surface area (Å²) < 4.78 is 28.5. The molecule has 6 rings (SSSR count). The number of hydrogen-bond donors (Lipinski definition) is 0. The highest BCUT2D eigenvalue weighted by molar-refractivity contribution is 6.56. The third-order valence-electron chi connectivity index (χ3n) is 11.3. The van der Waals surface area contributed by atoms with Crippen molar-refractivity contribution in [1.29, 1.82) is 0 Å². The van der Waals surface area contributed by atoms with E-state index in [1.165, 1.54) is 11.1 Å². The molecule has 2 aromatic rings. The number of allylic oxidation sites excluding steroid dienone is 3. The number of carbonyl (C=O) groups is 1. The van der Waals surface area contributed by atoms with Gasteiger partial charge in [0.25, 0.3) is 0 Å². The first-order chi connectivity index (χ1) is 19.4.